The van der Waals surface area contributed by atoms with Gasteiger partial charge in [-0.2, -0.15) is 0 Å². The molecule has 3 aromatic rings. The number of hydrogen-bond acceptors (Lipinski definition) is 1. The maximum Gasteiger partial charge on any atom is 0.0122 e. The van der Waals surface area contributed by atoms with E-state index < -0.39 is 0 Å². The van der Waals surface area contributed by atoms with Crippen LogP contribution in [0.5, 0.6) is 0 Å². The standard InChI is InChI=1S/C20H18S/c1-16-7-11-19(12-8-16)21-20-13-9-18(10-14-20)15-17-5-3-2-4-6-17/h2-14H,15H2,1H3. The quantitative estimate of drug-likeness (QED) is 0.590. The zero-order valence-corrected chi connectivity index (χ0v) is 12.9. The minimum atomic E-state index is 0.996. The van der Waals surface area contributed by atoms with E-state index in [1.165, 1.54) is 26.5 Å². The summed E-state index contributed by atoms with van der Waals surface area (Å²) in [7, 11) is 0. The smallest absolute Gasteiger partial charge is 0.0122 e. The van der Waals surface area contributed by atoms with Crippen molar-refractivity contribution in [1.82, 2.24) is 0 Å². The summed E-state index contributed by atoms with van der Waals surface area (Å²) in [5.41, 5.74) is 4.02. The summed E-state index contributed by atoms with van der Waals surface area (Å²) in [6.45, 7) is 2.12. The van der Waals surface area contributed by atoms with Crippen molar-refractivity contribution in [3.63, 3.8) is 0 Å². The molecule has 3 aromatic carbocycles. The minimum absolute atomic E-state index is 0.996. The van der Waals surface area contributed by atoms with Crippen LogP contribution in [0.25, 0.3) is 0 Å². The number of benzene rings is 3. The van der Waals surface area contributed by atoms with Crippen LogP contribution in [0, 0.1) is 6.92 Å². The predicted molar refractivity (Wildman–Crippen MR) is 91.0 cm³/mol. The summed E-state index contributed by atoms with van der Waals surface area (Å²) in [5, 5.41) is 0. The van der Waals surface area contributed by atoms with Crippen molar-refractivity contribution in [2.75, 3.05) is 0 Å². The molecule has 0 aliphatic carbocycles. The first-order valence-corrected chi connectivity index (χ1v) is 7.99. The molecule has 0 atom stereocenters. The van der Waals surface area contributed by atoms with Crippen molar-refractivity contribution >= 4 is 11.8 Å². The molecule has 0 unspecified atom stereocenters. The number of aryl methyl sites for hydroxylation is 1. The fourth-order valence-corrected chi connectivity index (χ4v) is 3.07. The van der Waals surface area contributed by atoms with Crippen molar-refractivity contribution in [2.24, 2.45) is 0 Å². The Morgan fingerprint density at radius 1 is 0.619 bits per heavy atom. The Labute approximate surface area is 130 Å². The van der Waals surface area contributed by atoms with E-state index >= 15 is 0 Å². The van der Waals surface area contributed by atoms with Crippen LogP contribution >= 0.6 is 11.8 Å². The molecule has 0 bridgehead atoms. The summed E-state index contributed by atoms with van der Waals surface area (Å²) >= 11 is 1.81. The van der Waals surface area contributed by atoms with E-state index in [2.05, 4.69) is 85.8 Å². The Balaban J connectivity index is 1.68. The summed E-state index contributed by atoms with van der Waals surface area (Å²) < 4.78 is 0. The Morgan fingerprint density at radius 2 is 1.14 bits per heavy atom. The minimum Gasteiger partial charge on any atom is -0.0901 e. The van der Waals surface area contributed by atoms with E-state index in [1.54, 1.807) is 0 Å². The van der Waals surface area contributed by atoms with Crippen LogP contribution in [-0.2, 0) is 6.42 Å². The average molecular weight is 290 g/mol. The highest BCUT2D eigenvalue weighted by atomic mass is 32.2. The monoisotopic (exact) mass is 290 g/mol. The van der Waals surface area contributed by atoms with Gasteiger partial charge in [0.25, 0.3) is 0 Å². The van der Waals surface area contributed by atoms with E-state index in [0.717, 1.165) is 6.42 Å². The summed E-state index contributed by atoms with van der Waals surface area (Å²) in [5.74, 6) is 0. The number of hydrogen-bond donors (Lipinski definition) is 0. The highest BCUT2D eigenvalue weighted by Gasteiger charge is 1.99. The first-order valence-electron chi connectivity index (χ1n) is 7.17. The van der Waals surface area contributed by atoms with E-state index in [9.17, 15) is 0 Å². The molecule has 0 heterocycles. The molecule has 0 aliphatic heterocycles. The van der Waals surface area contributed by atoms with Crippen molar-refractivity contribution in [3.8, 4) is 0 Å². The lowest BCUT2D eigenvalue weighted by molar-refractivity contribution is 1.18. The van der Waals surface area contributed by atoms with Crippen LogP contribution in [0.3, 0.4) is 0 Å². The molecule has 0 spiro atoms. The number of rotatable bonds is 4. The normalized spacial score (nSPS) is 10.5. The molecular formula is C20H18S. The lowest BCUT2D eigenvalue weighted by atomic mass is 10.1. The second kappa shape index (κ2) is 6.64. The molecule has 1 heteroatoms. The van der Waals surface area contributed by atoms with Gasteiger partial charge in [0.1, 0.15) is 0 Å². The molecule has 0 N–H and O–H groups in total. The molecule has 0 amide bonds. The Morgan fingerprint density at radius 3 is 1.76 bits per heavy atom. The molecule has 0 nitrogen and oxygen atoms in total. The topological polar surface area (TPSA) is 0 Å². The molecule has 3 rings (SSSR count). The Bertz CT molecular complexity index is 682. The van der Waals surface area contributed by atoms with Gasteiger partial charge in [-0.1, -0.05) is 71.9 Å². The Kier molecular flexibility index (Phi) is 4.42. The SMILES string of the molecule is Cc1ccc(Sc2ccc(Cc3ccccc3)cc2)cc1. The van der Waals surface area contributed by atoms with Crippen LogP contribution < -0.4 is 0 Å². The first-order chi connectivity index (χ1) is 10.3. The van der Waals surface area contributed by atoms with E-state index in [1.807, 2.05) is 11.8 Å². The van der Waals surface area contributed by atoms with Crippen molar-refractivity contribution in [1.29, 1.82) is 0 Å². The third-order valence-electron chi connectivity index (χ3n) is 3.43. The summed E-state index contributed by atoms with van der Waals surface area (Å²) in [6.07, 6.45) is 0.996. The molecule has 0 fully saturated rings. The first kappa shape index (κ1) is 14.0. The molecular weight excluding hydrogens is 272 g/mol. The van der Waals surface area contributed by atoms with Gasteiger partial charge in [-0.25, -0.2) is 0 Å². The molecule has 0 saturated heterocycles. The second-order valence-corrected chi connectivity index (χ2v) is 6.37. The fourth-order valence-electron chi connectivity index (χ4n) is 2.25. The van der Waals surface area contributed by atoms with Gasteiger partial charge in [0.2, 0.25) is 0 Å². The molecule has 104 valence electrons. The van der Waals surface area contributed by atoms with E-state index in [-0.39, 0.29) is 0 Å². The van der Waals surface area contributed by atoms with E-state index in [4.69, 9.17) is 0 Å². The summed E-state index contributed by atoms with van der Waals surface area (Å²) in [6, 6.07) is 28.1. The molecule has 0 aromatic heterocycles. The lowest BCUT2D eigenvalue weighted by Crippen LogP contribution is -1.87. The van der Waals surface area contributed by atoms with Gasteiger partial charge in [0.05, 0.1) is 0 Å². The largest absolute Gasteiger partial charge is 0.0901 e. The van der Waals surface area contributed by atoms with Crippen LogP contribution in [0.2, 0.25) is 0 Å². The molecule has 21 heavy (non-hydrogen) atoms. The van der Waals surface area contributed by atoms with Gasteiger partial charge in [0.15, 0.2) is 0 Å². The predicted octanol–water partition coefficient (Wildman–Crippen LogP) is 5.74. The average Bonchev–Trinajstić information content (AvgIpc) is 2.53. The van der Waals surface area contributed by atoms with Gasteiger partial charge >= 0.3 is 0 Å². The maximum atomic E-state index is 2.23. The van der Waals surface area contributed by atoms with Gasteiger partial charge in [-0.3, -0.25) is 0 Å². The summed E-state index contributed by atoms with van der Waals surface area (Å²) in [4.78, 5) is 2.58. The van der Waals surface area contributed by atoms with Gasteiger partial charge in [-0.15, -0.1) is 0 Å². The van der Waals surface area contributed by atoms with Crippen LogP contribution in [0.1, 0.15) is 16.7 Å². The molecule has 0 aliphatic rings. The highest BCUT2D eigenvalue weighted by Crippen LogP contribution is 2.28. The lowest BCUT2D eigenvalue weighted by Gasteiger charge is -2.05. The molecule has 0 radical (unpaired) electrons. The van der Waals surface area contributed by atoms with Crippen molar-refractivity contribution in [3.05, 3.63) is 95.6 Å². The third-order valence-corrected chi connectivity index (χ3v) is 4.45. The van der Waals surface area contributed by atoms with Crippen LogP contribution in [0.4, 0.5) is 0 Å². The highest BCUT2D eigenvalue weighted by molar-refractivity contribution is 7.99. The maximum absolute atomic E-state index is 2.23. The Hall–Kier alpha value is -1.99. The third kappa shape index (κ3) is 3.99. The van der Waals surface area contributed by atoms with Crippen LogP contribution in [-0.4, -0.2) is 0 Å². The fraction of sp³-hybridized carbons (Fsp3) is 0.100. The van der Waals surface area contributed by atoms with Crippen molar-refractivity contribution < 1.29 is 0 Å². The van der Waals surface area contributed by atoms with Gasteiger partial charge in [0, 0.05) is 9.79 Å². The van der Waals surface area contributed by atoms with Gasteiger partial charge in [-0.05, 0) is 48.7 Å². The second-order valence-electron chi connectivity index (χ2n) is 5.22. The van der Waals surface area contributed by atoms with Crippen molar-refractivity contribution in [2.45, 2.75) is 23.1 Å². The zero-order valence-electron chi connectivity index (χ0n) is 12.1. The zero-order chi connectivity index (χ0) is 14.5. The molecule has 0 saturated carbocycles. The van der Waals surface area contributed by atoms with E-state index in [0.29, 0.717) is 0 Å². The van der Waals surface area contributed by atoms with Gasteiger partial charge < -0.3 is 0 Å². The van der Waals surface area contributed by atoms with Crippen LogP contribution in [0.15, 0.2) is 88.7 Å².